The van der Waals surface area contributed by atoms with Gasteiger partial charge < -0.3 is 10.8 Å². The van der Waals surface area contributed by atoms with Crippen LogP contribution in [0, 0.1) is 0 Å². The van der Waals surface area contributed by atoms with Crippen molar-refractivity contribution in [1.82, 2.24) is 0 Å². The SMILES string of the molecule is Nc1cc(/C=C/CC(=O)O)ccc1-c1ccccc1. The van der Waals surface area contributed by atoms with E-state index >= 15 is 0 Å². The quantitative estimate of drug-likeness (QED) is 0.820. The number of hydrogen-bond acceptors (Lipinski definition) is 2. The highest BCUT2D eigenvalue weighted by molar-refractivity contribution is 5.78. The molecule has 0 aliphatic rings. The molecule has 2 aromatic rings. The van der Waals surface area contributed by atoms with Crippen LogP contribution >= 0.6 is 0 Å². The van der Waals surface area contributed by atoms with Crippen LogP contribution in [0.5, 0.6) is 0 Å². The van der Waals surface area contributed by atoms with Gasteiger partial charge >= 0.3 is 5.97 Å². The number of nitrogens with two attached hydrogens (primary N) is 1. The van der Waals surface area contributed by atoms with Crippen molar-refractivity contribution < 1.29 is 9.90 Å². The molecule has 0 aliphatic heterocycles. The average Bonchev–Trinajstić information content (AvgIpc) is 2.39. The Morgan fingerprint density at radius 3 is 2.53 bits per heavy atom. The number of nitrogen functional groups attached to an aromatic ring is 1. The summed E-state index contributed by atoms with van der Waals surface area (Å²) in [7, 11) is 0. The van der Waals surface area contributed by atoms with Gasteiger partial charge in [-0.25, -0.2) is 0 Å². The lowest BCUT2D eigenvalue weighted by Crippen LogP contribution is -1.91. The predicted octanol–water partition coefficient (Wildman–Crippen LogP) is 3.42. The molecule has 0 radical (unpaired) electrons. The third-order valence-electron chi connectivity index (χ3n) is 2.76. The maximum atomic E-state index is 10.4. The molecule has 2 aromatic carbocycles. The van der Waals surface area contributed by atoms with Crippen molar-refractivity contribution in [3.05, 3.63) is 60.2 Å². The van der Waals surface area contributed by atoms with Crippen LogP contribution < -0.4 is 5.73 Å². The average molecular weight is 253 g/mol. The van der Waals surface area contributed by atoms with Crippen LogP contribution in [0.3, 0.4) is 0 Å². The standard InChI is InChI=1S/C16H15NO2/c17-15-11-12(5-4-8-16(18)19)9-10-14(15)13-6-2-1-3-7-13/h1-7,9-11H,8,17H2,(H,18,19)/b5-4+. The Kier molecular flexibility index (Phi) is 3.98. The summed E-state index contributed by atoms with van der Waals surface area (Å²) in [6, 6.07) is 15.6. The van der Waals surface area contributed by atoms with Gasteiger partial charge in [0.05, 0.1) is 6.42 Å². The van der Waals surface area contributed by atoms with E-state index < -0.39 is 5.97 Å². The fraction of sp³-hybridized carbons (Fsp3) is 0.0625. The summed E-state index contributed by atoms with van der Waals surface area (Å²) in [5.41, 5.74) is 9.67. The van der Waals surface area contributed by atoms with E-state index in [1.165, 1.54) is 0 Å². The summed E-state index contributed by atoms with van der Waals surface area (Å²) in [5, 5.41) is 8.56. The lowest BCUT2D eigenvalue weighted by molar-refractivity contribution is -0.135. The molecular weight excluding hydrogens is 238 g/mol. The molecule has 0 fully saturated rings. The fourth-order valence-corrected chi connectivity index (χ4v) is 1.86. The van der Waals surface area contributed by atoms with Crippen molar-refractivity contribution in [2.45, 2.75) is 6.42 Å². The van der Waals surface area contributed by atoms with Crippen LogP contribution in [0.4, 0.5) is 5.69 Å². The molecule has 3 N–H and O–H groups in total. The zero-order valence-corrected chi connectivity index (χ0v) is 10.4. The Morgan fingerprint density at radius 2 is 1.89 bits per heavy atom. The molecular formula is C16H15NO2. The largest absolute Gasteiger partial charge is 0.481 e. The van der Waals surface area contributed by atoms with Crippen molar-refractivity contribution in [3.8, 4) is 11.1 Å². The molecule has 0 atom stereocenters. The van der Waals surface area contributed by atoms with Crippen molar-refractivity contribution in [3.63, 3.8) is 0 Å². The number of carboxylic acids is 1. The van der Waals surface area contributed by atoms with Gasteiger partial charge in [-0.15, -0.1) is 0 Å². The van der Waals surface area contributed by atoms with Crippen molar-refractivity contribution in [2.24, 2.45) is 0 Å². The summed E-state index contributed by atoms with van der Waals surface area (Å²) < 4.78 is 0. The van der Waals surface area contributed by atoms with Gasteiger partial charge in [0, 0.05) is 11.3 Å². The van der Waals surface area contributed by atoms with Crippen molar-refractivity contribution in [1.29, 1.82) is 0 Å². The van der Waals surface area contributed by atoms with E-state index in [2.05, 4.69) is 0 Å². The van der Waals surface area contributed by atoms with E-state index in [9.17, 15) is 4.79 Å². The Balaban J connectivity index is 2.23. The lowest BCUT2D eigenvalue weighted by atomic mass is 10.0. The molecule has 19 heavy (non-hydrogen) atoms. The Morgan fingerprint density at radius 1 is 1.16 bits per heavy atom. The van der Waals surface area contributed by atoms with E-state index in [1.807, 2.05) is 48.5 Å². The molecule has 96 valence electrons. The summed E-state index contributed by atoms with van der Waals surface area (Å²) in [6.45, 7) is 0. The summed E-state index contributed by atoms with van der Waals surface area (Å²) in [5.74, 6) is -0.842. The molecule has 0 spiro atoms. The molecule has 2 rings (SSSR count). The van der Waals surface area contributed by atoms with Gasteiger partial charge in [-0.3, -0.25) is 4.79 Å². The molecule has 0 saturated carbocycles. The van der Waals surface area contributed by atoms with Gasteiger partial charge in [0.1, 0.15) is 0 Å². The number of aliphatic carboxylic acids is 1. The minimum absolute atomic E-state index is 0.0142. The molecule has 3 heteroatoms. The first-order valence-electron chi connectivity index (χ1n) is 6.00. The first kappa shape index (κ1) is 12.9. The predicted molar refractivity (Wildman–Crippen MR) is 77.6 cm³/mol. The zero-order chi connectivity index (χ0) is 13.7. The third-order valence-corrected chi connectivity index (χ3v) is 2.76. The smallest absolute Gasteiger partial charge is 0.307 e. The van der Waals surface area contributed by atoms with E-state index in [4.69, 9.17) is 10.8 Å². The molecule has 0 aliphatic carbocycles. The van der Waals surface area contributed by atoms with Gasteiger partial charge in [0.15, 0.2) is 0 Å². The van der Waals surface area contributed by atoms with E-state index in [0.717, 1.165) is 16.7 Å². The summed E-state index contributed by atoms with van der Waals surface area (Å²) in [6.07, 6.45) is 3.39. The highest BCUT2D eigenvalue weighted by Crippen LogP contribution is 2.26. The number of benzene rings is 2. The van der Waals surface area contributed by atoms with E-state index in [-0.39, 0.29) is 6.42 Å². The Labute approximate surface area is 112 Å². The first-order valence-corrected chi connectivity index (χ1v) is 6.00. The maximum Gasteiger partial charge on any atom is 0.307 e. The molecule has 0 bridgehead atoms. The van der Waals surface area contributed by atoms with Crippen LogP contribution in [0.2, 0.25) is 0 Å². The minimum Gasteiger partial charge on any atom is -0.481 e. The van der Waals surface area contributed by atoms with Crippen LogP contribution in [0.1, 0.15) is 12.0 Å². The lowest BCUT2D eigenvalue weighted by Gasteiger charge is -2.06. The normalized spacial score (nSPS) is 10.7. The van der Waals surface area contributed by atoms with E-state index in [0.29, 0.717) is 5.69 Å². The number of carboxylic acid groups (broad SMARTS) is 1. The molecule has 0 heterocycles. The van der Waals surface area contributed by atoms with Gasteiger partial charge in [0.25, 0.3) is 0 Å². The number of carbonyl (C=O) groups is 1. The molecule has 0 aromatic heterocycles. The minimum atomic E-state index is -0.842. The van der Waals surface area contributed by atoms with Gasteiger partial charge in [-0.05, 0) is 17.2 Å². The van der Waals surface area contributed by atoms with Gasteiger partial charge in [-0.1, -0.05) is 54.6 Å². The Bertz CT molecular complexity index is 603. The van der Waals surface area contributed by atoms with Crippen molar-refractivity contribution in [2.75, 3.05) is 5.73 Å². The highest BCUT2D eigenvalue weighted by atomic mass is 16.4. The molecule has 0 amide bonds. The van der Waals surface area contributed by atoms with E-state index in [1.54, 1.807) is 12.2 Å². The zero-order valence-electron chi connectivity index (χ0n) is 10.4. The first-order chi connectivity index (χ1) is 9.16. The second kappa shape index (κ2) is 5.87. The Hall–Kier alpha value is -2.55. The van der Waals surface area contributed by atoms with Crippen LogP contribution in [-0.4, -0.2) is 11.1 Å². The molecule has 0 unspecified atom stereocenters. The van der Waals surface area contributed by atoms with Gasteiger partial charge in [-0.2, -0.15) is 0 Å². The second-order valence-corrected chi connectivity index (χ2v) is 4.21. The van der Waals surface area contributed by atoms with Crippen LogP contribution in [0.15, 0.2) is 54.6 Å². The van der Waals surface area contributed by atoms with Crippen LogP contribution in [0.25, 0.3) is 17.2 Å². The van der Waals surface area contributed by atoms with Crippen molar-refractivity contribution >= 4 is 17.7 Å². The third kappa shape index (κ3) is 3.45. The molecule has 0 saturated heterocycles. The monoisotopic (exact) mass is 253 g/mol. The maximum absolute atomic E-state index is 10.4. The molecule has 3 nitrogen and oxygen atoms in total. The number of anilines is 1. The second-order valence-electron chi connectivity index (χ2n) is 4.21. The summed E-state index contributed by atoms with van der Waals surface area (Å²) >= 11 is 0. The highest BCUT2D eigenvalue weighted by Gasteiger charge is 2.02. The summed E-state index contributed by atoms with van der Waals surface area (Å²) in [4.78, 5) is 10.4. The van der Waals surface area contributed by atoms with Crippen LogP contribution in [-0.2, 0) is 4.79 Å². The fourth-order valence-electron chi connectivity index (χ4n) is 1.86. The number of hydrogen-bond donors (Lipinski definition) is 2. The topological polar surface area (TPSA) is 63.3 Å². The van der Waals surface area contributed by atoms with Gasteiger partial charge in [0.2, 0.25) is 0 Å². The number of rotatable bonds is 4.